The van der Waals surface area contributed by atoms with Crippen LogP contribution >= 0.6 is 23.1 Å². The minimum absolute atomic E-state index is 0.0493. The zero-order valence-corrected chi connectivity index (χ0v) is 19.9. The first kappa shape index (κ1) is 21.6. The number of nitrogens with one attached hydrogen (secondary N) is 1. The second kappa shape index (κ2) is 9.33. The van der Waals surface area contributed by atoms with Crippen LogP contribution in [0.2, 0.25) is 0 Å². The maximum absolute atomic E-state index is 13.4. The van der Waals surface area contributed by atoms with E-state index in [0.717, 1.165) is 32.0 Å². The van der Waals surface area contributed by atoms with Crippen LogP contribution in [0.3, 0.4) is 0 Å². The average Bonchev–Trinajstić information content (AvgIpc) is 3.61. The van der Waals surface area contributed by atoms with E-state index in [4.69, 9.17) is 14.6 Å². The Morgan fingerprint density at radius 1 is 1.15 bits per heavy atom. The monoisotopic (exact) mass is 477 g/mol. The average molecular weight is 478 g/mol. The van der Waals surface area contributed by atoms with Crippen LogP contribution in [0.15, 0.2) is 76.2 Å². The number of ether oxygens (including phenoxy) is 2. The fourth-order valence-corrected chi connectivity index (χ4v) is 5.73. The fourth-order valence-electron chi connectivity index (χ4n) is 4.12. The zero-order chi connectivity index (χ0) is 22.8. The lowest BCUT2D eigenvalue weighted by atomic mass is 9.99. The second-order valence-electron chi connectivity index (χ2n) is 7.55. The van der Waals surface area contributed by atoms with Crippen LogP contribution < -0.4 is 9.47 Å². The molecular weight excluding hydrogens is 454 g/mol. The number of rotatable bonds is 7. The minimum atomic E-state index is -0.261. The highest BCUT2D eigenvalue weighted by atomic mass is 32.2. The molecule has 0 aliphatic carbocycles. The Kier molecular flexibility index (Phi) is 6.11. The molecule has 0 bridgehead atoms. The predicted molar refractivity (Wildman–Crippen MR) is 134 cm³/mol. The normalized spacial score (nSPS) is 15.6. The molecule has 5 rings (SSSR count). The van der Waals surface area contributed by atoms with Crippen molar-refractivity contribution in [3.8, 4) is 11.5 Å². The summed E-state index contributed by atoms with van der Waals surface area (Å²) in [6.45, 7) is 0. The number of benzene rings is 2. The highest BCUT2D eigenvalue weighted by Gasteiger charge is 2.35. The lowest BCUT2D eigenvalue weighted by molar-refractivity contribution is -0.130. The molecule has 8 heteroatoms. The third-order valence-corrected chi connectivity index (χ3v) is 7.63. The Balaban J connectivity index is 1.45. The quantitative estimate of drug-likeness (QED) is 0.346. The van der Waals surface area contributed by atoms with Gasteiger partial charge in [-0.15, -0.1) is 23.1 Å². The summed E-state index contributed by atoms with van der Waals surface area (Å²) in [6.07, 6.45) is 2.57. The number of hydrogen-bond donors (Lipinski definition) is 1. The number of aromatic amines is 1. The molecule has 0 saturated carbocycles. The topological polar surface area (TPSA) is 66.9 Å². The number of hydrazone groups is 1. The van der Waals surface area contributed by atoms with Gasteiger partial charge in [0.05, 0.1) is 36.6 Å². The first-order valence-electron chi connectivity index (χ1n) is 10.5. The van der Waals surface area contributed by atoms with Crippen molar-refractivity contribution in [1.82, 2.24) is 9.99 Å². The smallest absolute Gasteiger partial charge is 0.253 e. The van der Waals surface area contributed by atoms with E-state index in [1.54, 1.807) is 30.6 Å². The summed E-state index contributed by atoms with van der Waals surface area (Å²) in [7, 11) is 3.24. The molecule has 33 heavy (non-hydrogen) atoms. The van der Waals surface area contributed by atoms with Crippen molar-refractivity contribution < 1.29 is 14.3 Å². The van der Waals surface area contributed by atoms with Crippen LogP contribution in [0.4, 0.5) is 0 Å². The molecule has 0 spiro atoms. The number of amides is 1. The molecule has 3 heterocycles. The van der Waals surface area contributed by atoms with Crippen molar-refractivity contribution in [3.05, 3.63) is 76.6 Å². The number of aromatic nitrogens is 1. The van der Waals surface area contributed by atoms with Crippen LogP contribution in [0.25, 0.3) is 10.9 Å². The SMILES string of the molecule is COc1cccc([C@@H]2CC(c3cccs3)=NN2C(=O)CSc2c[nH]c3ccccc23)c1OC. The molecule has 1 atom stereocenters. The molecule has 4 aromatic rings. The third kappa shape index (κ3) is 4.12. The van der Waals surface area contributed by atoms with E-state index in [0.29, 0.717) is 17.9 Å². The van der Waals surface area contributed by atoms with Gasteiger partial charge >= 0.3 is 0 Å². The molecule has 168 valence electrons. The molecule has 2 aromatic heterocycles. The lowest BCUT2D eigenvalue weighted by Crippen LogP contribution is -2.28. The summed E-state index contributed by atoms with van der Waals surface area (Å²) in [5.74, 6) is 1.51. The maximum Gasteiger partial charge on any atom is 0.253 e. The lowest BCUT2D eigenvalue weighted by Gasteiger charge is -2.24. The molecule has 1 aliphatic heterocycles. The van der Waals surface area contributed by atoms with E-state index in [9.17, 15) is 4.79 Å². The van der Waals surface area contributed by atoms with E-state index in [-0.39, 0.29) is 17.7 Å². The van der Waals surface area contributed by atoms with Gasteiger partial charge < -0.3 is 14.5 Å². The number of methoxy groups -OCH3 is 2. The van der Waals surface area contributed by atoms with Crippen LogP contribution in [0, 0.1) is 0 Å². The van der Waals surface area contributed by atoms with Crippen molar-refractivity contribution in [2.75, 3.05) is 20.0 Å². The van der Waals surface area contributed by atoms with Crippen molar-refractivity contribution >= 4 is 45.6 Å². The molecule has 6 nitrogen and oxygen atoms in total. The van der Waals surface area contributed by atoms with Gasteiger partial charge in [0, 0.05) is 34.0 Å². The number of para-hydroxylation sites is 2. The number of carbonyl (C=O) groups excluding carboxylic acids is 1. The Labute approximate surface area is 200 Å². The molecule has 1 N–H and O–H groups in total. The number of nitrogens with zero attached hydrogens (tertiary/aromatic N) is 2. The van der Waals surface area contributed by atoms with Gasteiger partial charge in [-0.25, -0.2) is 5.01 Å². The third-order valence-electron chi connectivity index (χ3n) is 5.67. The molecule has 1 aliphatic rings. The fraction of sp³-hybridized carbons (Fsp3) is 0.200. The number of thiophene rings is 1. The standard InChI is InChI=1S/C25H23N3O3S2/c1-30-21-10-5-8-17(25(21)31-2)20-13-19(22-11-6-12-32-22)27-28(20)24(29)15-33-23-14-26-18-9-4-3-7-16(18)23/h3-12,14,20,26H,13,15H2,1-2H3/t20-/m0/s1. The van der Waals surface area contributed by atoms with E-state index in [1.165, 1.54) is 11.8 Å². The van der Waals surface area contributed by atoms with Gasteiger partial charge in [0.2, 0.25) is 0 Å². The Hall–Kier alpha value is -3.23. The number of thioether (sulfide) groups is 1. The highest BCUT2D eigenvalue weighted by molar-refractivity contribution is 8.00. The van der Waals surface area contributed by atoms with Gasteiger partial charge in [-0.2, -0.15) is 5.10 Å². The predicted octanol–water partition coefficient (Wildman–Crippen LogP) is 5.72. The molecule has 1 amide bonds. The minimum Gasteiger partial charge on any atom is -0.493 e. The summed E-state index contributed by atoms with van der Waals surface area (Å²) >= 11 is 3.15. The van der Waals surface area contributed by atoms with Crippen molar-refractivity contribution in [2.45, 2.75) is 17.4 Å². The van der Waals surface area contributed by atoms with Crippen molar-refractivity contribution in [1.29, 1.82) is 0 Å². The van der Waals surface area contributed by atoms with Gasteiger partial charge in [0.15, 0.2) is 11.5 Å². The summed E-state index contributed by atoms with van der Waals surface area (Å²) in [5, 5.41) is 9.53. The van der Waals surface area contributed by atoms with E-state index >= 15 is 0 Å². The van der Waals surface area contributed by atoms with E-state index in [2.05, 4.69) is 11.1 Å². The van der Waals surface area contributed by atoms with Crippen LogP contribution in [0.5, 0.6) is 11.5 Å². The molecule has 0 radical (unpaired) electrons. The molecule has 2 aromatic carbocycles. The summed E-state index contributed by atoms with van der Waals surface area (Å²) in [6, 6.07) is 17.6. The molecular formula is C25H23N3O3S2. The van der Waals surface area contributed by atoms with Gasteiger partial charge in [-0.05, 0) is 23.6 Å². The Morgan fingerprint density at radius 3 is 2.82 bits per heavy atom. The van der Waals surface area contributed by atoms with Crippen molar-refractivity contribution in [3.63, 3.8) is 0 Å². The van der Waals surface area contributed by atoms with E-state index in [1.807, 2.05) is 60.1 Å². The number of fused-ring (bicyclic) bond motifs is 1. The first-order chi connectivity index (χ1) is 16.2. The molecule has 0 saturated heterocycles. The number of carbonyl (C=O) groups is 1. The summed E-state index contributed by atoms with van der Waals surface area (Å²) in [5.41, 5.74) is 2.86. The van der Waals surface area contributed by atoms with Gasteiger partial charge in [0.1, 0.15) is 0 Å². The molecule has 0 unspecified atom stereocenters. The highest BCUT2D eigenvalue weighted by Crippen LogP contribution is 2.42. The van der Waals surface area contributed by atoms with Crippen molar-refractivity contribution in [2.24, 2.45) is 5.10 Å². The zero-order valence-electron chi connectivity index (χ0n) is 18.3. The maximum atomic E-state index is 13.4. The summed E-state index contributed by atoms with van der Waals surface area (Å²) in [4.78, 5) is 18.8. The number of hydrogen-bond acceptors (Lipinski definition) is 6. The van der Waals surface area contributed by atoms with Crippen LogP contribution in [-0.4, -0.2) is 41.6 Å². The first-order valence-corrected chi connectivity index (χ1v) is 12.4. The second-order valence-corrected chi connectivity index (χ2v) is 9.52. The summed E-state index contributed by atoms with van der Waals surface area (Å²) < 4.78 is 11.2. The largest absolute Gasteiger partial charge is 0.493 e. The number of H-pyrrole nitrogens is 1. The van der Waals surface area contributed by atoms with Gasteiger partial charge in [-0.3, -0.25) is 4.79 Å². The van der Waals surface area contributed by atoms with Crippen LogP contribution in [-0.2, 0) is 4.79 Å². The van der Waals surface area contributed by atoms with E-state index < -0.39 is 0 Å². The van der Waals surface area contributed by atoms with Crippen LogP contribution in [0.1, 0.15) is 22.9 Å². The van der Waals surface area contributed by atoms with Gasteiger partial charge in [-0.1, -0.05) is 36.4 Å². The molecule has 0 fully saturated rings. The Morgan fingerprint density at radius 2 is 2.03 bits per heavy atom. The Bertz CT molecular complexity index is 1310. The van der Waals surface area contributed by atoms with Gasteiger partial charge in [0.25, 0.3) is 5.91 Å².